The number of likely N-dealkylation sites (tertiary alicyclic amines) is 1. The molecular formula is C19H26FN5O. The van der Waals surface area contributed by atoms with Gasteiger partial charge in [0.1, 0.15) is 11.2 Å². The van der Waals surface area contributed by atoms with Crippen LogP contribution in [0.2, 0.25) is 0 Å². The highest BCUT2D eigenvalue weighted by atomic mass is 19.1. The highest BCUT2D eigenvalue weighted by Crippen LogP contribution is 2.36. The molecule has 4 rings (SSSR count). The van der Waals surface area contributed by atoms with Gasteiger partial charge in [-0.15, -0.1) is 0 Å². The number of imidazole rings is 1. The Hall–Kier alpha value is -2.02. The normalized spacial score (nSPS) is 20.9. The van der Waals surface area contributed by atoms with Crippen molar-refractivity contribution < 1.29 is 9.18 Å². The van der Waals surface area contributed by atoms with E-state index in [9.17, 15) is 9.18 Å². The quantitative estimate of drug-likeness (QED) is 0.910. The summed E-state index contributed by atoms with van der Waals surface area (Å²) in [7, 11) is 0. The van der Waals surface area contributed by atoms with Crippen LogP contribution in [0.4, 0.5) is 10.3 Å². The van der Waals surface area contributed by atoms with Crippen molar-refractivity contribution in [1.29, 1.82) is 0 Å². The maximum Gasteiger partial charge on any atom is 0.240 e. The highest BCUT2D eigenvalue weighted by Gasteiger charge is 2.31. The molecule has 1 N–H and O–H groups in total. The topological polar surface area (TPSA) is 63.1 Å². The molecule has 6 nitrogen and oxygen atoms in total. The molecule has 2 aromatic rings. The molecule has 1 saturated heterocycles. The van der Waals surface area contributed by atoms with Crippen molar-refractivity contribution in [3.63, 3.8) is 0 Å². The summed E-state index contributed by atoms with van der Waals surface area (Å²) in [5.41, 5.74) is 1.49. The molecule has 0 radical (unpaired) electrons. The number of fused-ring (bicyclic) bond motifs is 1. The second kappa shape index (κ2) is 6.61. The molecule has 140 valence electrons. The first-order valence-corrected chi connectivity index (χ1v) is 9.48. The number of anilines is 1. The largest absolute Gasteiger partial charge is 0.295 e. The Morgan fingerprint density at radius 3 is 2.69 bits per heavy atom. The number of nitrogens with zero attached hydrogens (tertiary/aromatic N) is 4. The van der Waals surface area contributed by atoms with Crippen molar-refractivity contribution in [2.24, 2.45) is 0 Å². The lowest BCUT2D eigenvalue weighted by molar-refractivity contribution is -0.118. The van der Waals surface area contributed by atoms with Crippen LogP contribution < -0.4 is 5.32 Å². The molecule has 0 atom stereocenters. The minimum atomic E-state index is -1.10. The van der Waals surface area contributed by atoms with Gasteiger partial charge in [0, 0.05) is 24.8 Å². The van der Waals surface area contributed by atoms with Gasteiger partial charge in [0.25, 0.3) is 0 Å². The zero-order chi connectivity index (χ0) is 18.3. The molecule has 7 heteroatoms. The van der Waals surface area contributed by atoms with E-state index in [-0.39, 0.29) is 12.5 Å². The molecule has 1 aliphatic carbocycles. The Bertz CT molecular complexity index is 817. The number of nitrogens with one attached hydrogen (secondary N) is 1. The fourth-order valence-electron chi connectivity index (χ4n) is 3.69. The predicted octanol–water partition coefficient (Wildman–Crippen LogP) is 3.23. The lowest BCUT2D eigenvalue weighted by Crippen LogP contribution is -2.43. The first kappa shape index (κ1) is 17.4. The van der Waals surface area contributed by atoms with Crippen LogP contribution in [-0.4, -0.2) is 50.6 Å². The molecule has 0 unspecified atom stereocenters. The van der Waals surface area contributed by atoms with Gasteiger partial charge in [-0.25, -0.2) is 14.4 Å². The van der Waals surface area contributed by atoms with E-state index >= 15 is 0 Å². The summed E-state index contributed by atoms with van der Waals surface area (Å²) in [6.07, 6.45) is 4.32. The number of amides is 1. The third-order valence-electron chi connectivity index (χ3n) is 5.63. The van der Waals surface area contributed by atoms with E-state index in [1.54, 1.807) is 6.92 Å². The van der Waals surface area contributed by atoms with Gasteiger partial charge in [0.05, 0.1) is 6.54 Å². The Kier molecular flexibility index (Phi) is 4.42. The molecule has 26 heavy (non-hydrogen) atoms. The number of alkyl halides is 1. The van der Waals surface area contributed by atoms with Crippen LogP contribution in [0.15, 0.2) is 12.1 Å². The van der Waals surface area contributed by atoms with E-state index in [4.69, 9.17) is 0 Å². The number of pyridine rings is 1. The summed E-state index contributed by atoms with van der Waals surface area (Å²) in [6.45, 7) is 5.10. The van der Waals surface area contributed by atoms with E-state index in [0.717, 1.165) is 29.7 Å². The zero-order valence-corrected chi connectivity index (χ0v) is 15.5. The molecule has 2 aliphatic rings. The van der Waals surface area contributed by atoms with Gasteiger partial charge >= 0.3 is 0 Å². The lowest BCUT2D eigenvalue weighted by atomic mass is 9.93. The number of piperidine rings is 1. The van der Waals surface area contributed by atoms with Crippen LogP contribution in [0.1, 0.15) is 50.8 Å². The van der Waals surface area contributed by atoms with Gasteiger partial charge in [0.15, 0.2) is 5.65 Å². The van der Waals surface area contributed by atoms with Gasteiger partial charge in [-0.1, -0.05) is 0 Å². The van der Waals surface area contributed by atoms with Crippen molar-refractivity contribution in [2.75, 3.05) is 25.0 Å². The van der Waals surface area contributed by atoms with E-state index in [1.807, 2.05) is 24.0 Å². The van der Waals surface area contributed by atoms with E-state index in [0.29, 0.717) is 37.9 Å². The van der Waals surface area contributed by atoms with E-state index < -0.39 is 5.67 Å². The first-order chi connectivity index (χ1) is 12.4. The zero-order valence-electron chi connectivity index (χ0n) is 15.5. The third-order valence-corrected chi connectivity index (χ3v) is 5.63. The van der Waals surface area contributed by atoms with Crippen molar-refractivity contribution in [3.05, 3.63) is 17.8 Å². The summed E-state index contributed by atoms with van der Waals surface area (Å²) in [4.78, 5) is 23.8. The monoisotopic (exact) mass is 359 g/mol. The molecule has 0 bridgehead atoms. The van der Waals surface area contributed by atoms with Crippen LogP contribution in [0, 0.1) is 6.92 Å². The number of aryl methyl sites for hydroxylation is 1. The van der Waals surface area contributed by atoms with Crippen molar-refractivity contribution in [3.8, 4) is 0 Å². The molecule has 0 aromatic carbocycles. The smallest absolute Gasteiger partial charge is 0.240 e. The van der Waals surface area contributed by atoms with Crippen molar-refractivity contribution in [2.45, 2.75) is 57.7 Å². The average Bonchev–Trinajstić information content (AvgIpc) is 2.85. The lowest BCUT2D eigenvalue weighted by Gasteiger charge is -2.33. The van der Waals surface area contributed by atoms with E-state index in [2.05, 4.69) is 19.9 Å². The number of rotatable bonds is 4. The fourth-order valence-corrected chi connectivity index (χ4v) is 3.69. The first-order valence-electron chi connectivity index (χ1n) is 9.48. The standard InChI is InChI=1S/C19H26FN5O/c1-13-6-7-15-17(21-13)25(14-4-3-5-14)18(22-15)23-16(26)12-24-10-8-19(2,20)9-11-24/h6-7,14H,3-5,8-12H2,1-2H3,(H,22,23,26). The minimum Gasteiger partial charge on any atom is -0.295 e. The van der Waals surface area contributed by atoms with Gasteiger partial charge in [-0.05, 0) is 58.1 Å². The van der Waals surface area contributed by atoms with Gasteiger partial charge in [-0.3, -0.25) is 19.6 Å². The number of halogens is 1. The Labute approximate surface area is 152 Å². The van der Waals surface area contributed by atoms with Gasteiger partial charge in [-0.2, -0.15) is 0 Å². The SMILES string of the molecule is Cc1ccc2nc(NC(=O)CN3CCC(C)(F)CC3)n(C3CCC3)c2n1. The van der Waals surface area contributed by atoms with Crippen LogP contribution >= 0.6 is 0 Å². The summed E-state index contributed by atoms with van der Waals surface area (Å²) in [5.74, 6) is 0.486. The number of hydrogen-bond acceptors (Lipinski definition) is 4. The van der Waals surface area contributed by atoms with Gasteiger partial charge < -0.3 is 0 Å². The minimum absolute atomic E-state index is 0.0972. The van der Waals surface area contributed by atoms with Gasteiger partial charge in [0.2, 0.25) is 11.9 Å². The maximum atomic E-state index is 13.9. The third kappa shape index (κ3) is 3.45. The average molecular weight is 359 g/mol. The summed E-state index contributed by atoms with van der Waals surface area (Å²) >= 11 is 0. The molecule has 1 aliphatic heterocycles. The summed E-state index contributed by atoms with van der Waals surface area (Å²) in [6, 6.07) is 4.25. The highest BCUT2D eigenvalue weighted by molar-refractivity contribution is 5.92. The molecule has 1 amide bonds. The maximum absolute atomic E-state index is 13.9. The van der Waals surface area contributed by atoms with Crippen LogP contribution in [0.3, 0.4) is 0 Å². The molecule has 0 spiro atoms. The van der Waals surface area contributed by atoms with Crippen molar-refractivity contribution in [1.82, 2.24) is 19.4 Å². The van der Waals surface area contributed by atoms with Crippen molar-refractivity contribution >= 4 is 23.0 Å². The molecule has 2 fully saturated rings. The predicted molar refractivity (Wildman–Crippen MR) is 99.0 cm³/mol. The molecule has 1 saturated carbocycles. The van der Waals surface area contributed by atoms with Crippen LogP contribution in [-0.2, 0) is 4.79 Å². The molecule has 2 aromatic heterocycles. The Morgan fingerprint density at radius 1 is 1.31 bits per heavy atom. The Balaban J connectivity index is 1.50. The fraction of sp³-hybridized carbons (Fsp3) is 0.632. The Morgan fingerprint density at radius 2 is 2.04 bits per heavy atom. The second-order valence-corrected chi connectivity index (χ2v) is 7.92. The number of aromatic nitrogens is 3. The second-order valence-electron chi connectivity index (χ2n) is 7.92. The van der Waals surface area contributed by atoms with Crippen LogP contribution in [0.25, 0.3) is 11.2 Å². The van der Waals surface area contributed by atoms with Crippen LogP contribution in [0.5, 0.6) is 0 Å². The summed E-state index contributed by atoms with van der Waals surface area (Å²) < 4.78 is 16.0. The molecule has 3 heterocycles. The molecular weight excluding hydrogens is 333 g/mol. The summed E-state index contributed by atoms with van der Waals surface area (Å²) in [5, 5.41) is 2.97. The number of carbonyl (C=O) groups is 1. The van der Waals surface area contributed by atoms with E-state index in [1.165, 1.54) is 6.42 Å². The number of carbonyl (C=O) groups excluding carboxylic acids is 1. The number of hydrogen-bond donors (Lipinski definition) is 1.